The van der Waals surface area contributed by atoms with Crippen LogP contribution >= 0.6 is 0 Å². The Morgan fingerprint density at radius 1 is 1.00 bits per heavy atom. The van der Waals surface area contributed by atoms with Gasteiger partial charge in [0.15, 0.2) is 9.84 Å². The number of hydrogen-bond acceptors (Lipinski definition) is 6. The van der Waals surface area contributed by atoms with Gasteiger partial charge in [-0.15, -0.1) is 0 Å². The molecule has 1 aromatic carbocycles. The highest BCUT2D eigenvalue weighted by molar-refractivity contribution is 7.91. The maximum Gasteiger partial charge on any atom is 0.214 e. The summed E-state index contributed by atoms with van der Waals surface area (Å²) in [6.07, 6.45) is 2.45. The van der Waals surface area contributed by atoms with Crippen molar-refractivity contribution in [2.45, 2.75) is 30.3 Å². The minimum atomic E-state index is -3.42. The van der Waals surface area contributed by atoms with E-state index in [-0.39, 0.29) is 24.6 Å². The Morgan fingerprint density at radius 3 is 2.36 bits per heavy atom. The van der Waals surface area contributed by atoms with Crippen LogP contribution in [0.1, 0.15) is 25.0 Å². The van der Waals surface area contributed by atoms with Gasteiger partial charge in [0.2, 0.25) is 10.0 Å². The summed E-state index contributed by atoms with van der Waals surface area (Å²) in [7, 11) is -6.78. The zero-order chi connectivity index (χ0) is 20.0. The Hall–Kier alpha value is -1.84. The van der Waals surface area contributed by atoms with Gasteiger partial charge in [-0.3, -0.25) is 0 Å². The van der Waals surface area contributed by atoms with Crippen molar-refractivity contribution in [2.75, 3.05) is 25.4 Å². The molecule has 9 heteroatoms. The predicted molar refractivity (Wildman–Crippen MR) is 106 cm³/mol. The zero-order valence-electron chi connectivity index (χ0n) is 15.6. The number of ether oxygens (including phenoxy) is 1. The predicted octanol–water partition coefficient (Wildman–Crippen LogP) is 2.46. The lowest BCUT2D eigenvalue weighted by molar-refractivity contribution is 0.312. The first-order chi connectivity index (χ1) is 13.4. The first kappa shape index (κ1) is 20.9. The van der Waals surface area contributed by atoms with E-state index < -0.39 is 25.1 Å². The van der Waals surface area contributed by atoms with Gasteiger partial charge < -0.3 is 9.15 Å². The van der Waals surface area contributed by atoms with Crippen LogP contribution in [0.5, 0.6) is 5.75 Å². The van der Waals surface area contributed by atoms with Crippen molar-refractivity contribution in [2.24, 2.45) is 0 Å². The highest BCUT2D eigenvalue weighted by Crippen LogP contribution is 2.23. The summed E-state index contributed by atoms with van der Waals surface area (Å²) in [6.45, 7) is 0.769. The van der Waals surface area contributed by atoms with Crippen LogP contribution in [-0.4, -0.2) is 51.8 Å². The van der Waals surface area contributed by atoms with Crippen molar-refractivity contribution in [3.8, 4) is 5.75 Å². The van der Waals surface area contributed by atoms with Crippen molar-refractivity contribution in [3.63, 3.8) is 0 Å². The van der Waals surface area contributed by atoms with Crippen molar-refractivity contribution in [3.05, 3.63) is 54.5 Å². The lowest BCUT2D eigenvalue weighted by Crippen LogP contribution is -2.43. The van der Waals surface area contributed by atoms with Crippen LogP contribution in [0.15, 0.2) is 53.1 Å². The molecule has 2 aromatic rings. The molecule has 1 aromatic heterocycles. The van der Waals surface area contributed by atoms with Gasteiger partial charge in [-0.25, -0.2) is 21.1 Å². The van der Waals surface area contributed by atoms with Crippen LogP contribution in [0.4, 0.5) is 0 Å². The van der Waals surface area contributed by atoms with Gasteiger partial charge in [0.25, 0.3) is 0 Å². The molecule has 0 N–H and O–H groups in total. The summed E-state index contributed by atoms with van der Waals surface area (Å²) in [5.41, 5.74) is 0. The van der Waals surface area contributed by atoms with Gasteiger partial charge in [-0.05, 0) is 43.5 Å². The number of piperidine rings is 1. The third kappa shape index (κ3) is 5.59. The van der Waals surface area contributed by atoms with Gasteiger partial charge in [-0.2, -0.15) is 0 Å². The number of sulfonamides is 1. The van der Waals surface area contributed by atoms with Crippen molar-refractivity contribution >= 4 is 19.9 Å². The molecule has 0 bridgehead atoms. The molecule has 1 aliphatic heterocycles. The van der Waals surface area contributed by atoms with E-state index in [2.05, 4.69) is 0 Å². The van der Waals surface area contributed by atoms with E-state index in [0.717, 1.165) is 0 Å². The number of hydrogen-bond donors (Lipinski definition) is 0. The Labute approximate surface area is 166 Å². The van der Waals surface area contributed by atoms with E-state index in [4.69, 9.17) is 9.15 Å². The number of nitrogens with zero attached hydrogens (tertiary/aromatic N) is 1. The maximum absolute atomic E-state index is 12.5. The monoisotopic (exact) mass is 427 g/mol. The first-order valence-corrected chi connectivity index (χ1v) is 12.6. The second-order valence-electron chi connectivity index (χ2n) is 6.82. The van der Waals surface area contributed by atoms with Gasteiger partial charge in [0, 0.05) is 13.1 Å². The van der Waals surface area contributed by atoms with Crippen molar-refractivity contribution in [1.29, 1.82) is 0 Å². The molecular weight excluding hydrogens is 402 g/mol. The Balaban J connectivity index is 1.45. The number of benzene rings is 1. The zero-order valence-corrected chi connectivity index (χ0v) is 17.2. The molecule has 1 aliphatic rings. The second kappa shape index (κ2) is 9.11. The Morgan fingerprint density at radius 2 is 1.71 bits per heavy atom. The largest absolute Gasteiger partial charge is 0.494 e. The lowest BCUT2D eigenvalue weighted by Gasteiger charge is -2.30. The number of rotatable bonds is 9. The molecule has 1 saturated heterocycles. The average Bonchev–Trinajstić information content (AvgIpc) is 3.18. The topological polar surface area (TPSA) is 93.9 Å². The van der Waals surface area contributed by atoms with E-state index in [1.54, 1.807) is 12.1 Å². The van der Waals surface area contributed by atoms with Crippen LogP contribution in [-0.2, 0) is 25.6 Å². The quantitative estimate of drug-likeness (QED) is 0.571. The van der Waals surface area contributed by atoms with Gasteiger partial charge in [0.1, 0.15) is 17.3 Å². The molecule has 28 heavy (non-hydrogen) atoms. The highest BCUT2D eigenvalue weighted by atomic mass is 32.2. The Kier molecular flexibility index (Phi) is 6.79. The standard InChI is InChI=1S/C19H25NO6S2/c21-27(22,16-18-8-4-13-26-18)19-9-11-20(12-10-19)28(23,24)15-5-14-25-17-6-2-1-3-7-17/h1-4,6-8,13,19H,5,9-12,14-16H2. The molecule has 2 heterocycles. The Bertz CT molecular complexity index is 932. The SMILES string of the molecule is O=S(=O)(Cc1ccco1)C1CCN(S(=O)(=O)CCCOc2ccccc2)CC1. The van der Waals surface area contributed by atoms with E-state index in [9.17, 15) is 16.8 Å². The summed E-state index contributed by atoms with van der Waals surface area (Å²) in [5.74, 6) is 0.966. The smallest absolute Gasteiger partial charge is 0.214 e. The fraction of sp³-hybridized carbons (Fsp3) is 0.474. The molecule has 0 unspecified atom stereocenters. The first-order valence-electron chi connectivity index (χ1n) is 9.26. The van der Waals surface area contributed by atoms with E-state index in [1.165, 1.54) is 10.6 Å². The maximum atomic E-state index is 12.5. The molecule has 3 rings (SSSR count). The minimum absolute atomic E-state index is 0.0103. The molecule has 0 radical (unpaired) electrons. The van der Waals surface area contributed by atoms with Gasteiger partial charge >= 0.3 is 0 Å². The van der Waals surface area contributed by atoms with Crippen molar-refractivity contribution < 1.29 is 26.0 Å². The van der Waals surface area contributed by atoms with Gasteiger partial charge in [-0.1, -0.05) is 18.2 Å². The molecule has 0 atom stereocenters. The molecule has 1 fully saturated rings. The fourth-order valence-corrected chi connectivity index (χ4v) is 6.49. The van der Waals surface area contributed by atoms with Crippen molar-refractivity contribution in [1.82, 2.24) is 4.31 Å². The number of sulfone groups is 1. The summed E-state index contributed by atoms with van der Waals surface area (Å²) >= 11 is 0. The van der Waals surface area contributed by atoms with E-state index >= 15 is 0 Å². The molecule has 154 valence electrons. The molecule has 0 saturated carbocycles. The van der Waals surface area contributed by atoms with Gasteiger partial charge in [0.05, 0.1) is 23.9 Å². The van der Waals surface area contributed by atoms with Crippen LogP contribution in [0.3, 0.4) is 0 Å². The summed E-state index contributed by atoms with van der Waals surface area (Å²) < 4.78 is 62.1. The lowest BCUT2D eigenvalue weighted by atomic mass is 10.2. The molecule has 0 amide bonds. The summed E-state index contributed by atoms with van der Waals surface area (Å²) in [6, 6.07) is 12.5. The van der Waals surface area contributed by atoms with Crippen LogP contribution < -0.4 is 4.74 Å². The highest BCUT2D eigenvalue weighted by Gasteiger charge is 2.34. The number of furan rings is 1. The van der Waals surface area contributed by atoms with Crippen LogP contribution in [0.25, 0.3) is 0 Å². The second-order valence-corrected chi connectivity index (χ2v) is 11.2. The molecule has 7 nitrogen and oxygen atoms in total. The summed E-state index contributed by atoms with van der Waals surface area (Å²) in [5, 5.41) is -0.537. The normalized spacial score (nSPS) is 16.9. The van der Waals surface area contributed by atoms with Crippen LogP contribution in [0, 0.1) is 0 Å². The molecular formula is C19H25NO6S2. The third-order valence-corrected chi connectivity index (χ3v) is 8.91. The minimum Gasteiger partial charge on any atom is -0.494 e. The third-order valence-electron chi connectivity index (χ3n) is 4.78. The van der Waals surface area contributed by atoms with E-state index in [0.29, 0.717) is 37.4 Å². The van der Waals surface area contributed by atoms with E-state index in [1.807, 2.05) is 30.3 Å². The summed E-state index contributed by atoms with van der Waals surface area (Å²) in [4.78, 5) is 0. The molecule has 0 aliphatic carbocycles. The fourth-order valence-electron chi connectivity index (χ4n) is 3.26. The molecule has 0 spiro atoms. The van der Waals surface area contributed by atoms with Crippen LogP contribution in [0.2, 0.25) is 0 Å². The number of para-hydroxylation sites is 1. The average molecular weight is 428 g/mol.